The Morgan fingerprint density at radius 2 is 1.60 bits per heavy atom. The van der Waals surface area contributed by atoms with E-state index in [4.69, 9.17) is 0 Å². The molecule has 1 aromatic heterocycles. The normalized spacial score (nSPS) is 25.9. The molecule has 2 bridgehead atoms. The number of carboxylic acids is 1. The van der Waals surface area contributed by atoms with E-state index >= 15 is 0 Å². The molecule has 2 saturated heterocycles. The molecule has 2 N–H and O–H groups in total. The minimum absolute atomic E-state index is 0.0538. The van der Waals surface area contributed by atoms with Gasteiger partial charge in [0.2, 0.25) is 0 Å². The quantitative estimate of drug-likeness (QED) is 0.623. The van der Waals surface area contributed by atoms with Gasteiger partial charge in [0.25, 0.3) is 5.56 Å². The first kappa shape index (κ1) is 24.3. The van der Waals surface area contributed by atoms with E-state index in [2.05, 4.69) is 9.88 Å². The Hall–Kier alpha value is -2.45. The fourth-order valence-electron chi connectivity index (χ4n) is 6.98. The summed E-state index contributed by atoms with van der Waals surface area (Å²) in [5.41, 5.74) is 1.25. The zero-order valence-corrected chi connectivity index (χ0v) is 20.5. The van der Waals surface area contributed by atoms with Crippen LogP contribution in [0.3, 0.4) is 0 Å². The summed E-state index contributed by atoms with van der Waals surface area (Å²) in [6, 6.07) is 9.39. The average Bonchev–Trinajstić information content (AvgIpc) is 3.07. The Morgan fingerprint density at radius 3 is 2.26 bits per heavy atom. The predicted octanol–water partition coefficient (Wildman–Crippen LogP) is 3.56. The van der Waals surface area contributed by atoms with Crippen molar-refractivity contribution in [3.63, 3.8) is 0 Å². The second-order valence-corrected chi connectivity index (χ2v) is 10.6. The first-order valence-corrected chi connectivity index (χ1v) is 13.4. The molecule has 190 valence electrons. The second-order valence-electron chi connectivity index (χ2n) is 10.6. The number of aliphatic hydroxyl groups is 1. The summed E-state index contributed by atoms with van der Waals surface area (Å²) in [6.45, 7) is -0.560. The van der Waals surface area contributed by atoms with Crippen molar-refractivity contribution in [2.75, 3.05) is 24.6 Å². The van der Waals surface area contributed by atoms with Crippen LogP contribution in [0.15, 0.2) is 29.1 Å². The second kappa shape index (κ2) is 10.7. The minimum atomic E-state index is -1.05. The number of aromatic nitrogens is 2. The first-order chi connectivity index (χ1) is 17.1. The van der Waals surface area contributed by atoms with Crippen LogP contribution in [0, 0.1) is 0 Å². The Labute approximate surface area is 206 Å². The number of anilines is 1. The van der Waals surface area contributed by atoms with Crippen molar-refractivity contribution >= 4 is 22.8 Å². The highest BCUT2D eigenvalue weighted by Gasteiger charge is 2.44. The number of aliphatic hydroxyl groups excluding tert-OH is 1. The van der Waals surface area contributed by atoms with Crippen LogP contribution in [0.1, 0.15) is 76.7 Å². The number of aliphatic carboxylic acids is 1. The van der Waals surface area contributed by atoms with Gasteiger partial charge in [-0.3, -0.25) is 14.5 Å². The van der Waals surface area contributed by atoms with Gasteiger partial charge in [-0.15, -0.1) is 0 Å². The third-order valence-electron chi connectivity index (χ3n) is 8.40. The fourth-order valence-corrected chi connectivity index (χ4v) is 6.98. The van der Waals surface area contributed by atoms with Crippen molar-refractivity contribution in [2.45, 2.75) is 94.8 Å². The van der Waals surface area contributed by atoms with Gasteiger partial charge < -0.3 is 19.7 Å². The summed E-state index contributed by atoms with van der Waals surface area (Å²) in [4.78, 5) is 34.1. The molecule has 0 radical (unpaired) electrons. The summed E-state index contributed by atoms with van der Waals surface area (Å²) < 4.78 is 1.89. The van der Waals surface area contributed by atoms with E-state index in [-0.39, 0.29) is 37.1 Å². The number of nitrogens with zero attached hydrogens (tertiary/aromatic N) is 4. The SMILES string of the molecule is O=C(O)CN(CCO)c1nc2ccccc2n(C2C[C@H]3CC[C@@H](C2)N3C2CCCCCCC2)c1=O. The molecule has 2 aliphatic heterocycles. The number of fused-ring (bicyclic) bond motifs is 3. The monoisotopic (exact) mass is 482 g/mol. The van der Waals surface area contributed by atoms with Crippen molar-refractivity contribution < 1.29 is 15.0 Å². The van der Waals surface area contributed by atoms with Crippen molar-refractivity contribution in [2.24, 2.45) is 0 Å². The molecule has 3 aliphatic rings. The zero-order valence-electron chi connectivity index (χ0n) is 20.5. The largest absolute Gasteiger partial charge is 0.480 e. The predicted molar refractivity (Wildman–Crippen MR) is 136 cm³/mol. The molecule has 2 aromatic rings. The van der Waals surface area contributed by atoms with E-state index in [0.717, 1.165) is 18.4 Å². The van der Waals surface area contributed by atoms with Crippen LogP contribution in [0.2, 0.25) is 0 Å². The van der Waals surface area contributed by atoms with Gasteiger partial charge in [0.05, 0.1) is 17.6 Å². The van der Waals surface area contributed by atoms with Crippen LogP contribution in [-0.4, -0.2) is 68.5 Å². The number of carbonyl (C=O) groups is 1. The van der Waals surface area contributed by atoms with E-state index in [1.165, 1.54) is 62.7 Å². The molecule has 1 aliphatic carbocycles. The van der Waals surface area contributed by atoms with E-state index < -0.39 is 5.97 Å². The van der Waals surface area contributed by atoms with Gasteiger partial charge in [0.1, 0.15) is 6.54 Å². The molecule has 1 unspecified atom stereocenters. The molecule has 1 aromatic carbocycles. The van der Waals surface area contributed by atoms with E-state index in [9.17, 15) is 19.8 Å². The Morgan fingerprint density at radius 1 is 0.943 bits per heavy atom. The Kier molecular flexibility index (Phi) is 7.39. The third-order valence-corrected chi connectivity index (χ3v) is 8.40. The molecular formula is C27H38N4O4. The average molecular weight is 483 g/mol. The lowest BCUT2D eigenvalue weighted by molar-refractivity contribution is -0.135. The van der Waals surface area contributed by atoms with Gasteiger partial charge in [-0.2, -0.15) is 0 Å². The molecular weight excluding hydrogens is 444 g/mol. The maximum Gasteiger partial charge on any atom is 0.323 e. The van der Waals surface area contributed by atoms with Gasteiger partial charge in [-0.1, -0.05) is 44.2 Å². The highest BCUT2D eigenvalue weighted by Crippen LogP contribution is 2.44. The molecule has 8 nitrogen and oxygen atoms in total. The van der Waals surface area contributed by atoms with Crippen molar-refractivity contribution in [3.8, 4) is 0 Å². The first-order valence-electron chi connectivity index (χ1n) is 13.4. The topological polar surface area (TPSA) is 98.9 Å². The van der Waals surface area contributed by atoms with Crippen LogP contribution >= 0.6 is 0 Å². The summed E-state index contributed by atoms with van der Waals surface area (Å²) in [5.74, 6) is -0.931. The minimum Gasteiger partial charge on any atom is -0.480 e. The zero-order chi connectivity index (χ0) is 24.4. The number of benzene rings is 1. The van der Waals surface area contributed by atoms with Gasteiger partial charge in [0, 0.05) is 30.7 Å². The lowest BCUT2D eigenvalue weighted by atomic mass is 9.89. The summed E-state index contributed by atoms with van der Waals surface area (Å²) in [7, 11) is 0. The Bertz CT molecular complexity index is 1080. The number of hydrogen-bond donors (Lipinski definition) is 2. The van der Waals surface area contributed by atoms with Crippen molar-refractivity contribution in [1.82, 2.24) is 14.5 Å². The number of carboxylic acid groups (broad SMARTS) is 1. The molecule has 35 heavy (non-hydrogen) atoms. The maximum atomic E-state index is 13.9. The Balaban J connectivity index is 1.49. The van der Waals surface area contributed by atoms with E-state index in [0.29, 0.717) is 23.6 Å². The molecule has 3 atom stereocenters. The lowest BCUT2D eigenvalue weighted by Crippen LogP contribution is -2.50. The van der Waals surface area contributed by atoms with Crippen molar-refractivity contribution in [1.29, 1.82) is 0 Å². The highest BCUT2D eigenvalue weighted by atomic mass is 16.4. The summed E-state index contributed by atoms with van der Waals surface area (Å²) in [5, 5.41) is 18.9. The fraction of sp³-hybridized carbons (Fsp3) is 0.667. The maximum absolute atomic E-state index is 13.9. The van der Waals surface area contributed by atoms with Crippen LogP contribution in [0.4, 0.5) is 5.82 Å². The molecule has 0 spiro atoms. The van der Waals surface area contributed by atoms with Gasteiger partial charge in [-0.05, 0) is 50.7 Å². The van der Waals surface area contributed by atoms with Crippen LogP contribution in [0.25, 0.3) is 11.0 Å². The highest BCUT2D eigenvalue weighted by molar-refractivity contribution is 5.78. The smallest absolute Gasteiger partial charge is 0.323 e. The van der Waals surface area contributed by atoms with Gasteiger partial charge in [0.15, 0.2) is 5.82 Å². The molecule has 8 heteroatoms. The number of rotatable bonds is 7. The summed E-state index contributed by atoms with van der Waals surface area (Å²) in [6.07, 6.45) is 13.6. The van der Waals surface area contributed by atoms with Crippen LogP contribution in [0.5, 0.6) is 0 Å². The van der Waals surface area contributed by atoms with E-state index in [1.54, 1.807) is 0 Å². The number of hydrogen-bond acceptors (Lipinski definition) is 6. The molecule has 5 rings (SSSR count). The standard InChI is InChI=1S/C27H38N4O4/c32-15-14-29(18-25(33)34)26-27(35)31(24-11-7-6-10-23(24)28-26)22-16-20-12-13-21(17-22)30(20)19-8-4-2-1-3-5-9-19/h6-7,10-11,19-22,32H,1-5,8-9,12-18H2,(H,33,34)/t20-,21+,22?. The molecule has 3 fully saturated rings. The van der Waals surface area contributed by atoms with Crippen LogP contribution in [-0.2, 0) is 4.79 Å². The lowest BCUT2D eigenvalue weighted by Gasteiger charge is -2.45. The van der Waals surface area contributed by atoms with Gasteiger partial charge in [-0.25, -0.2) is 4.98 Å². The molecule has 3 heterocycles. The number of piperidine rings is 1. The summed E-state index contributed by atoms with van der Waals surface area (Å²) >= 11 is 0. The van der Waals surface area contributed by atoms with Crippen molar-refractivity contribution in [3.05, 3.63) is 34.6 Å². The molecule has 0 amide bonds. The molecule has 1 saturated carbocycles. The third kappa shape index (κ3) is 4.96. The van der Waals surface area contributed by atoms with E-state index in [1.807, 2.05) is 28.8 Å². The van der Waals surface area contributed by atoms with Crippen LogP contribution < -0.4 is 10.5 Å². The van der Waals surface area contributed by atoms with Gasteiger partial charge >= 0.3 is 5.97 Å². The number of para-hydroxylation sites is 2.